The molecule has 0 unspecified atom stereocenters. The van der Waals surface area contributed by atoms with Gasteiger partial charge in [-0.15, -0.1) is 10.2 Å². The van der Waals surface area contributed by atoms with Crippen molar-refractivity contribution in [2.24, 2.45) is 21.7 Å². The van der Waals surface area contributed by atoms with Gasteiger partial charge in [0.1, 0.15) is 0 Å². The molecule has 0 radical (unpaired) electrons. The summed E-state index contributed by atoms with van der Waals surface area (Å²) in [5.74, 6) is 0.124. The minimum atomic E-state index is -0.0484. The molecule has 0 amide bonds. The van der Waals surface area contributed by atoms with Gasteiger partial charge in [-0.1, -0.05) is 9.98 Å². The van der Waals surface area contributed by atoms with Crippen LogP contribution >= 0.6 is 0 Å². The molecule has 2 aliphatic rings. The molecular weight excluding hydrogens is 196 g/mol. The van der Waals surface area contributed by atoms with Gasteiger partial charge in [0.2, 0.25) is 11.6 Å². The molecule has 6 N–H and O–H groups in total. The zero-order chi connectivity index (χ0) is 9.97. The maximum atomic E-state index is 5.28. The molecule has 2 heterocycles. The third kappa shape index (κ3) is 1.46. The second kappa shape index (κ2) is 3.27. The summed E-state index contributed by atoms with van der Waals surface area (Å²) < 4.78 is 0. The van der Waals surface area contributed by atoms with Crippen molar-refractivity contribution in [3.05, 3.63) is 23.4 Å². The lowest BCUT2D eigenvalue weighted by atomic mass is 10.7. The first kappa shape index (κ1) is 8.40. The van der Waals surface area contributed by atoms with Gasteiger partial charge in [0.25, 0.3) is 11.8 Å². The van der Waals surface area contributed by atoms with Gasteiger partial charge < -0.3 is 11.5 Å². The van der Waals surface area contributed by atoms with Crippen molar-refractivity contribution in [2.75, 3.05) is 0 Å². The number of hydrogen-bond acceptors (Lipinski definition) is 10. The predicted molar refractivity (Wildman–Crippen MR) is 37.9 cm³/mol. The SMILES string of the molecule is NC1=C(N=NC2=C(N)OON2)NOO1. The maximum absolute atomic E-state index is 5.28. The molecule has 2 rings (SSSR count). The van der Waals surface area contributed by atoms with Crippen LogP contribution in [-0.2, 0) is 19.8 Å². The predicted octanol–water partition coefficient (Wildman–Crippen LogP) is -1.46. The Labute approximate surface area is 76.9 Å². The number of nitrogens with two attached hydrogens (primary N) is 2. The summed E-state index contributed by atoms with van der Waals surface area (Å²) in [5.41, 5.74) is 15.1. The Morgan fingerprint density at radius 2 is 1.29 bits per heavy atom. The Hall–Kier alpha value is -2.20. The largest absolute Gasteiger partial charge is 0.364 e. The molecule has 0 aromatic rings. The molecule has 10 heteroatoms. The molecule has 0 aromatic carbocycles. The van der Waals surface area contributed by atoms with Gasteiger partial charge in [-0.2, -0.15) is 0 Å². The van der Waals surface area contributed by atoms with Crippen molar-refractivity contribution in [3.8, 4) is 0 Å². The Kier molecular flexibility index (Phi) is 1.96. The third-order valence-electron chi connectivity index (χ3n) is 1.26. The fourth-order valence-electron chi connectivity index (χ4n) is 0.629. The van der Waals surface area contributed by atoms with E-state index in [9.17, 15) is 0 Å². The van der Waals surface area contributed by atoms with E-state index < -0.39 is 0 Å². The van der Waals surface area contributed by atoms with Crippen LogP contribution in [0.15, 0.2) is 33.6 Å². The quantitative estimate of drug-likeness (QED) is 0.315. The summed E-state index contributed by atoms with van der Waals surface area (Å²) in [5, 5.41) is 7.19. The molecule has 0 saturated heterocycles. The topological polar surface area (TPSA) is 138 Å². The molecular formula is C4H6N6O4. The van der Waals surface area contributed by atoms with E-state index >= 15 is 0 Å². The first-order chi connectivity index (χ1) is 6.77. The summed E-state index contributed by atoms with van der Waals surface area (Å²) in [6.07, 6.45) is 0. The van der Waals surface area contributed by atoms with Crippen molar-refractivity contribution >= 4 is 0 Å². The number of hydrogen-bond donors (Lipinski definition) is 4. The van der Waals surface area contributed by atoms with Gasteiger partial charge in [-0.05, 0) is 0 Å². The van der Waals surface area contributed by atoms with E-state index in [2.05, 4.69) is 40.9 Å². The van der Waals surface area contributed by atoms with Crippen LogP contribution in [-0.4, -0.2) is 0 Å². The molecule has 0 atom stereocenters. The van der Waals surface area contributed by atoms with Gasteiger partial charge in [-0.3, -0.25) is 9.78 Å². The highest BCUT2D eigenvalue weighted by molar-refractivity contribution is 5.04. The van der Waals surface area contributed by atoms with Gasteiger partial charge in [-0.25, -0.2) is 11.0 Å². The number of nitrogens with zero attached hydrogens (tertiary/aromatic N) is 2. The van der Waals surface area contributed by atoms with E-state index in [1.165, 1.54) is 0 Å². The summed E-state index contributed by atoms with van der Waals surface area (Å²) in [7, 11) is 0. The molecule has 0 saturated carbocycles. The molecule has 0 aromatic heterocycles. The molecule has 0 spiro atoms. The first-order valence-electron chi connectivity index (χ1n) is 3.37. The molecule has 0 aliphatic carbocycles. The minimum absolute atomic E-state index is 0.0484. The number of rotatable bonds is 2. The summed E-state index contributed by atoms with van der Waals surface area (Å²) in [6.45, 7) is 0. The molecule has 14 heavy (non-hydrogen) atoms. The lowest BCUT2D eigenvalue weighted by Gasteiger charge is -1.89. The highest BCUT2D eigenvalue weighted by Gasteiger charge is 2.17. The van der Waals surface area contributed by atoms with Crippen LogP contribution in [0.2, 0.25) is 0 Å². The summed E-state index contributed by atoms with van der Waals surface area (Å²) >= 11 is 0. The Bertz CT molecular complexity index is 303. The normalized spacial score (nSPS) is 20.9. The molecule has 0 fully saturated rings. The Balaban J connectivity index is 2.07. The van der Waals surface area contributed by atoms with E-state index in [-0.39, 0.29) is 23.4 Å². The average molecular weight is 202 g/mol. The zero-order valence-electron chi connectivity index (χ0n) is 6.68. The van der Waals surface area contributed by atoms with E-state index in [0.29, 0.717) is 0 Å². The van der Waals surface area contributed by atoms with Crippen LogP contribution in [0.1, 0.15) is 0 Å². The first-order valence-corrected chi connectivity index (χ1v) is 3.37. The molecule has 10 nitrogen and oxygen atoms in total. The second-order valence-electron chi connectivity index (χ2n) is 2.16. The van der Waals surface area contributed by atoms with Crippen molar-refractivity contribution < 1.29 is 19.8 Å². The summed E-state index contributed by atoms with van der Waals surface area (Å²) in [6, 6.07) is 0. The zero-order valence-corrected chi connectivity index (χ0v) is 6.68. The highest BCUT2D eigenvalue weighted by Crippen LogP contribution is 2.11. The maximum Gasteiger partial charge on any atom is 0.277 e. The summed E-state index contributed by atoms with van der Waals surface area (Å²) in [4.78, 5) is 17.3. The third-order valence-corrected chi connectivity index (χ3v) is 1.26. The van der Waals surface area contributed by atoms with E-state index in [4.69, 9.17) is 11.5 Å². The Morgan fingerprint density at radius 3 is 1.57 bits per heavy atom. The number of azo groups is 1. The van der Waals surface area contributed by atoms with Crippen molar-refractivity contribution in [1.82, 2.24) is 11.0 Å². The fourth-order valence-corrected chi connectivity index (χ4v) is 0.629. The van der Waals surface area contributed by atoms with Crippen LogP contribution in [0, 0.1) is 0 Å². The van der Waals surface area contributed by atoms with Crippen LogP contribution in [0.25, 0.3) is 0 Å². The van der Waals surface area contributed by atoms with Crippen LogP contribution in [0.3, 0.4) is 0 Å². The second-order valence-corrected chi connectivity index (χ2v) is 2.16. The number of nitrogens with one attached hydrogen (secondary N) is 2. The van der Waals surface area contributed by atoms with Crippen molar-refractivity contribution in [3.63, 3.8) is 0 Å². The van der Waals surface area contributed by atoms with Gasteiger partial charge in [0.05, 0.1) is 0 Å². The van der Waals surface area contributed by atoms with E-state index in [1.807, 2.05) is 0 Å². The van der Waals surface area contributed by atoms with E-state index in [1.54, 1.807) is 0 Å². The van der Waals surface area contributed by atoms with Crippen molar-refractivity contribution in [2.45, 2.75) is 0 Å². The lowest BCUT2D eigenvalue weighted by Crippen LogP contribution is -2.06. The van der Waals surface area contributed by atoms with Crippen LogP contribution in [0.4, 0.5) is 0 Å². The smallest absolute Gasteiger partial charge is 0.277 e. The number of hydroxylamine groups is 2. The fraction of sp³-hybridized carbons (Fsp3) is 0. The van der Waals surface area contributed by atoms with Crippen LogP contribution < -0.4 is 22.4 Å². The lowest BCUT2D eigenvalue weighted by molar-refractivity contribution is -0.276. The molecule has 76 valence electrons. The molecule has 0 bridgehead atoms. The van der Waals surface area contributed by atoms with Crippen LogP contribution in [0.5, 0.6) is 0 Å². The van der Waals surface area contributed by atoms with Gasteiger partial charge in [0, 0.05) is 0 Å². The van der Waals surface area contributed by atoms with Gasteiger partial charge in [0.15, 0.2) is 0 Å². The average Bonchev–Trinajstić information content (AvgIpc) is 2.72. The molecule has 2 aliphatic heterocycles. The van der Waals surface area contributed by atoms with E-state index in [0.717, 1.165) is 0 Å². The standard InChI is InChI=1S/C4H6N6O4/c5-1-3(9-13-11-1)7-8-4-2(6)12-14-10-4/h9-10H,5-6H2. The highest BCUT2D eigenvalue weighted by atomic mass is 17.3. The monoisotopic (exact) mass is 202 g/mol. The minimum Gasteiger partial charge on any atom is -0.364 e. The van der Waals surface area contributed by atoms with Gasteiger partial charge >= 0.3 is 0 Å². The van der Waals surface area contributed by atoms with Crippen molar-refractivity contribution in [1.29, 1.82) is 0 Å². The Morgan fingerprint density at radius 1 is 0.857 bits per heavy atom.